The lowest BCUT2D eigenvalue weighted by Gasteiger charge is -2.28. The number of ether oxygens (including phenoxy) is 1. The normalized spacial score (nSPS) is 22.4. The van der Waals surface area contributed by atoms with Crippen LogP contribution in [0.5, 0.6) is 0 Å². The highest BCUT2D eigenvalue weighted by atomic mass is 16.5. The number of fused-ring (bicyclic) bond motifs is 2. The van der Waals surface area contributed by atoms with Crippen molar-refractivity contribution in [1.29, 1.82) is 0 Å². The van der Waals surface area contributed by atoms with Crippen molar-refractivity contribution < 1.29 is 24.2 Å². The molecule has 4 atom stereocenters. The lowest BCUT2D eigenvalue weighted by molar-refractivity contribution is -0.147. The van der Waals surface area contributed by atoms with Crippen molar-refractivity contribution in [2.24, 2.45) is 23.5 Å². The van der Waals surface area contributed by atoms with E-state index in [4.69, 9.17) is 10.5 Å². The first-order valence-electron chi connectivity index (χ1n) is 13.3. The summed E-state index contributed by atoms with van der Waals surface area (Å²) in [6.45, 7) is 6.35. The predicted molar refractivity (Wildman–Crippen MR) is 148 cm³/mol. The number of hydrogen-bond acceptors (Lipinski definition) is 8. The number of hydrogen-bond donors (Lipinski definition) is 4. The average molecular weight is 550 g/mol. The summed E-state index contributed by atoms with van der Waals surface area (Å²) in [6.07, 6.45) is 5.79. The summed E-state index contributed by atoms with van der Waals surface area (Å²) in [6, 6.07) is 5.53. The molecular weight excluding hydrogens is 514 g/mol. The number of carbonyl (C=O) groups is 3. The third kappa shape index (κ3) is 5.24. The van der Waals surface area contributed by atoms with Crippen molar-refractivity contribution >= 4 is 34.7 Å². The first-order valence-corrected chi connectivity index (χ1v) is 13.3. The van der Waals surface area contributed by atoms with Crippen molar-refractivity contribution in [3.63, 3.8) is 0 Å². The van der Waals surface area contributed by atoms with Crippen LogP contribution in [-0.4, -0.2) is 80.8 Å². The Morgan fingerprint density at radius 2 is 1.98 bits per heavy atom. The van der Waals surface area contributed by atoms with Crippen LogP contribution in [0.4, 0.5) is 11.5 Å². The Labute approximate surface area is 231 Å². The zero-order valence-electron chi connectivity index (χ0n) is 23.0. The number of carbonyl (C=O) groups excluding carboxylic acids is 3. The lowest BCUT2D eigenvalue weighted by atomic mass is 9.93. The summed E-state index contributed by atoms with van der Waals surface area (Å²) in [5.74, 6) is 0.0997. The molecule has 0 spiro atoms. The third-order valence-corrected chi connectivity index (χ3v) is 8.04. The molecule has 2 aliphatic rings. The molecule has 5 N–H and O–H groups in total. The van der Waals surface area contributed by atoms with Gasteiger partial charge in [0.05, 0.1) is 23.0 Å². The Balaban J connectivity index is 1.38. The van der Waals surface area contributed by atoms with Gasteiger partial charge in [0, 0.05) is 49.8 Å². The molecule has 1 aliphatic carbocycles. The van der Waals surface area contributed by atoms with Crippen molar-refractivity contribution in [2.45, 2.75) is 38.8 Å². The molecular formula is C28H35N7O5. The molecule has 0 unspecified atom stereocenters. The van der Waals surface area contributed by atoms with Gasteiger partial charge in [0.1, 0.15) is 18.0 Å². The summed E-state index contributed by atoms with van der Waals surface area (Å²) in [7, 11) is 1.45. The Morgan fingerprint density at radius 3 is 2.60 bits per heavy atom. The molecule has 0 radical (unpaired) electrons. The molecule has 40 heavy (non-hydrogen) atoms. The van der Waals surface area contributed by atoms with Gasteiger partial charge in [0.2, 0.25) is 0 Å². The van der Waals surface area contributed by atoms with Crippen LogP contribution in [0, 0.1) is 17.8 Å². The molecule has 0 aromatic carbocycles. The molecule has 5 rings (SSSR count). The van der Waals surface area contributed by atoms with E-state index in [9.17, 15) is 19.5 Å². The standard InChI is InChI=1S/C28H35N7O5/c1-15-20-13-34(27(38)28(2,3)39)11-18(20)7-21(15)32-25-19(26(29)37)10-31-35-12-17(8-22(25)35)16-5-6-23(30-9-16)33-24(36)14-40-4/h5-6,8-10,12,15,18,20-21,32,39H,7,11,13-14H2,1-4H3,(H2,29,37)(H,30,33,36)/t15-,18+,20-,21+/m0/s1. The van der Waals surface area contributed by atoms with E-state index in [1.165, 1.54) is 27.2 Å². The van der Waals surface area contributed by atoms with E-state index in [1.807, 2.05) is 18.3 Å². The number of aliphatic hydroxyl groups is 1. The number of anilines is 2. The maximum Gasteiger partial charge on any atom is 0.253 e. The van der Waals surface area contributed by atoms with Crippen LogP contribution in [0.25, 0.3) is 16.6 Å². The van der Waals surface area contributed by atoms with E-state index in [1.54, 1.807) is 21.7 Å². The highest BCUT2D eigenvalue weighted by Crippen LogP contribution is 2.44. The van der Waals surface area contributed by atoms with Gasteiger partial charge in [0.25, 0.3) is 17.7 Å². The van der Waals surface area contributed by atoms with Crippen LogP contribution in [0.15, 0.2) is 36.8 Å². The van der Waals surface area contributed by atoms with Crippen molar-refractivity contribution in [3.05, 3.63) is 42.4 Å². The molecule has 12 heteroatoms. The van der Waals surface area contributed by atoms with Gasteiger partial charge in [-0.3, -0.25) is 14.4 Å². The van der Waals surface area contributed by atoms with Gasteiger partial charge >= 0.3 is 0 Å². The maximum absolute atomic E-state index is 12.6. The number of pyridine rings is 1. The first kappa shape index (κ1) is 27.5. The van der Waals surface area contributed by atoms with Gasteiger partial charge in [-0.25, -0.2) is 9.50 Å². The van der Waals surface area contributed by atoms with E-state index in [2.05, 4.69) is 27.6 Å². The molecule has 2 fully saturated rings. The molecule has 1 saturated heterocycles. The summed E-state index contributed by atoms with van der Waals surface area (Å²) < 4.78 is 6.53. The van der Waals surface area contributed by atoms with Crippen LogP contribution in [0.3, 0.4) is 0 Å². The van der Waals surface area contributed by atoms with E-state index in [-0.39, 0.29) is 36.3 Å². The van der Waals surface area contributed by atoms with Gasteiger partial charge in [-0.2, -0.15) is 5.10 Å². The number of methoxy groups -OCH3 is 1. The molecule has 212 valence electrons. The number of aromatic nitrogens is 3. The monoisotopic (exact) mass is 549 g/mol. The zero-order valence-corrected chi connectivity index (χ0v) is 23.0. The molecule has 0 bridgehead atoms. The summed E-state index contributed by atoms with van der Waals surface area (Å²) >= 11 is 0. The fourth-order valence-electron chi connectivity index (χ4n) is 6.01. The van der Waals surface area contributed by atoms with Gasteiger partial charge in [0.15, 0.2) is 0 Å². The van der Waals surface area contributed by atoms with Crippen molar-refractivity contribution in [1.82, 2.24) is 19.5 Å². The SMILES string of the molecule is COCC(=O)Nc1ccc(-c2cc3c(N[C@@H]4C[C@@H]5CN(C(=O)C(C)(C)O)C[C@H]5[C@@H]4C)c(C(N)=O)cnn3c2)cn1. The third-order valence-electron chi connectivity index (χ3n) is 8.04. The second-order valence-corrected chi connectivity index (χ2v) is 11.3. The Bertz CT molecular complexity index is 1450. The number of nitrogens with one attached hydrogen (secondary N) is 2. The van der Waals surface area contributed by atoms with Crippen LogP contribution in [0.2, 0.25) is 0 Å². The number of rotatable bonds is 8. The largest absolute Gasteiger partial charge is 0.381 e. The minimum absolute atomic E-state index is 0.0592. The first-order chi connectivity index (χ1) is 19.0. The number of amides is 3. The van der Waals surface area contributed by atoms with E-state index >= 15 is 0 Å². The Hall–Kier alpha value is -4.03. The van der Waals surface area contributed by atoms with Crippen LogP contribution in [-0.2, 0) is 14.3 Å². The van der Waals surface area contributed by atoms with Gasteiger partial charge in [-0.05, 0) is 56.2 Å². The average Bonchev–Trinajstić information content (AvgIpc) is 3.58. The molecule has 4 heterocycles. The predicted octanol–water partition coefficient (Wildman–Crippen LogP) is 1.75. The van der Waals surface area contributed by atoms with Crippen LogP contribution in [0.1, 0.15) is 37.6 Å². The van der Waals surface area contributed by atoms with Crippen molar-refractivity contribution in [2.75, 3.05) is 37.4 Å². The summed E-state index contributed by atoms with van der Waals surface area (Å²) in [5, 5.41) is 20.9. The Kier molecular flexibility index (Phi) is 7.23. The minimum atomic E-state index is -1.39. The fourth-order valence-corrected chi connectivity index (χ4v) is 6.01. The lowest BCUT2D eigenvalue weighted by Crippen LogP contribution is -2.45. The molecule has 1 aliphatic heterocycles. The topological polar surface area (TPSA) is 164 Å². The van der Waals surface area contributed by atoms with Gasteiger partial charge < -0.3 is 31.1 Å². The molecule has 12 nitrogen and oxygen atoms in total. The Morgan fingerprint density at radius 1 is 1.20 bits per heavy atom. The van der Waals surface area contributed by atoms with Crippen LogP contribution >= 0.6 is 0 Å². The second kappa shape index (κ2) is 10.5. The van der Waals surface area contributed by atoms with Gasteiger partial charge in [-0.1, -0.05) is 6.92 Å². The summed E-state index contributed by atoms with van der Waals surface area (Å²) in [4.78, 5) is 42.9. The molecule has 3 amide bonds. The van der Waals surface area contributed by atoms with Crippen LogP contribution < -0.4 is 16.4 Å². The number of nitrogens with zero attached hydrogens (tertiary/aromatic N) is 4. The maximum atomic E-state index is 12.6. The highest BCUT2D eigenvalue weighted by molar-refractivity contribution is 6.02. The number of likely N-dealkylation sites (tertiary alicyclic amines) is 1. The minimum Gasteiger partial charge on any atom is -0.381 e. The smallest absolute Gasteiger partial charge is 0.253 e. The fraction of sp³-hybridized carbons (Fsp3) is 0.464. The number of primary amides is 1. The number of nitrogens with two attached hydrogens (primary N) is 1. The zero-order chi connectivity index (χ0) is 28.8. The van der Waals surface area contributed by atoms with Gasteiger partial charge in [-0.15, -0.1) is 0 Å². The summed E-state index contributed by atoms with van der Waals surface area (Å²) in [5.41, 5.74) is 7.61. The molecule has 1 saturated carbocycles. The van der Waals surface area contributed by atoms with E-state index < -0.39 is 11.5 Å². The molecule has 3 aromatic heterocycles. The second-order valence-electron chi connectivity index (χ2n) is 11.3. The highest BCUT2D eigenvalue weighted by Gasteiger charge is 2.48. The van der Waals surface area contributed by atoms with Crippen molar-refractivity contribution in [3.8, 4) is 11.1 Å². The quantitative estimate of drug-likeness (QED) is 0.330. The van der Waals surface area contributed by atoms with E-state index in [0.29, 0.717) is 41.6 Å². The molecule has 3 aromatic rings. The van der Waals surface area contributed by atoms with E-state index in [0.717, 1.165) is 17.5 Å².